The molecular formula is C19H23FN6O. The van der Waals surface area contributed by atoms with Crippen LogP contribution < -0.4 is 0 Å². The maximum absolute atomic E-state index is 13.5. The first-order valence-corrected chi connectivity index (χ1v) is 9.25. The quantitative estimate of drug-likeness (QED) is 0.663. The van der Waals surface area contributed by atoms with E-state index < -0.39 is 0 Å². The summed E-state index contributed by atoms with van der Waals surface area (Å²) in [5.74, 6) is 1.28. The molecule has 7 nitrogen and oxygen atoms in total. The third-order valence-corrected chi connectivity index (χ3v) is 5.09. The van der Waals surface area contributed by atoms with Gasteiger partial charge in [-0.15, -0.1) is 5.10 Å². The van der Waals surface area contributed by atoms with Crippen molar-refractivity contribution in [2.75, 3.05) is 32.7 Å². The molecule has 0 bridgehead atoms. The molecule has 1 fully saturated rings. The van der Waals surface area contributed by atoms with Crippen molar-refractivity contribution in [3.05, 3.63) is 65.6 Å². The lowest BCUT2D eigenvalue weighted by Crippen LogP contribution is -2.48. The van der Waals surface area contributed by atoms with Gasteiger partial charge in [-0.1, -0.05) is 19.1 Å². The van der Waals surface area contributed by atoms with Crippen LogP contribution in [0, 0.1) is 5.82 Å². The average Bonchev–Trinajstić information content (AvgIpc) is 3.37. The summed E-state index contributed by atoms with van der Waals surface area (Å²) in [7, 11) is 0. The molecule has 1 saturated heterocycles. The van der Waals surface area contributed by atoms with E-state index in [1.807, 2.05) is 24.3 Å². The van der Waals surface area contributed by atoms with Crippen LogP contribution in [0.25, 0.3) is 0 Å². The highest BCUT2D eigenvalue weighted by Crippen LogP contribution is 2.28. The van der Waals surface area contributed by atoms with Gasteiger partial charge in [-0.3, -0.25) is 4.90 Å². The molecule has 0 spiro atoms. The summed E-state index contributed by atoms with van der Waals surface area (Å²) in [5.41, 5.74) is 0.983. The Morgan fingerprint density at radius 1 is 1.11 bits per heavy atom. The second-order valence-corrected chi connectivity index (χ2v) is 6.70. The third-order valence-electron chi connectivity index (χ3n) is 5.09. The summed E-state index contributed by atoms with van der Waals surface area (Å²) in [6.07, 6.45) is 1.64. The van der Waals surface area contributed by atoms with Crippen molar-refractivity contribution in [2.24, 2.45) is 0 Å². The van der Waals surface area contributed by atoms with E-state index in [1.54, 1.807) is 10.9 Å². The number of tetrazole rings is 1. The van der Waals surface area contributed by atoms with Crippen LogP contribution in [0.4, 0.5) is 4.39 Å². The molecule has 0 aliphatic carbocycles. The lowest BCUT2D eigenvalue weighted by atomic mass is 10.0. The summed E-state index contributed by atoms with van der Waals surface area (Å²) in [4.78, 5) is 4.79. The zero-order valence-electron chi connectivity index (χ0n) is 15.3. The number of nitrogens with zero attached hydrogens (tertiary/aromatic N) is 6. The lowest BCUT2D eigenvalue weighted by molar-refractivity contribution is 0.108. The van der Waals surface area contributed by atoms with Crippen molar-refractivity contribution >= 4 is 0 Å². The minimum Gasteiger partial charge on any atom is -0.467 e. The predicted octanol–water partition coefficient (Wildman–Crippen LogP) is 2.18. The van der Waals surface area contributed by atoms with Crippen LogP contribution in [0.15, 0.2) is 47.1 Å². The van der Waals surface area contributed by atoms with Gasteiger partial charge < -0.3 is 9.32 Å². The van der Waals surface area contributed by atoms with Gasteiger partial charge in [0.2, 0.25) is 0 Å². The van der Waals surface area contributed by atoms with E-state index in [0.717, 1.165) is 49.9 Å². The number of hydrogen-bond donors (Lipinski definition) is 0. The first-order chi connectivity index (χ1) is 13.2. The number of halogens is 1. The van der Waals surface area contributed by atoms with Crippen molar-refractivity contribution < 1.29 is 8.81 Å². The highest BCUT2D eigenvalue weighted by atomic mass is 19.1. The van der Waals surface area contributed by atoms with Gasteiger partial charge in [-0.05, 0) is 46.8 Å². The highest BCUT2D eigenvalue weighted by Gasteiger charge is 2.30. The number of aromatic nitrogens is 4. The summed E-state index contributed by atoms with van der Waals surface area (Å²) < 4.78 is 20.7. The van der Waals surface area contributed by atoms with Gasteiger partial charge in [0.1, 0.15) is 18.1 Å². The zero-order chi connectivity index (χ0) is 18.6. The van der Waals surface area contributed by atoms with E-state index in [4.69, 9.17) is 4.42 Å². The molecule has 0 unspecified atom stereocenters. The van der Waals surface area contributed by atoms with Crippen LogP contribution in [0.5, 0.6) is 0 Å². The Morgan fingerprint density at radius 3 is 2.56 bits per heavy atom. The molecule has 0 N–H and O–H groups in total. The minimum absolute atomic E-state index is 0.130. The molecule has 27 heavy (non-hydrogen) atoms. The molecule has 0 saturated carbocycles. The number of benzene rings is 1. The summed E-state index contributed by atoms with van der Waals surface area (Å²) >= 11 is 0. The van der Waals surface area contributed by atoms with E-state index >= 15 is 0 Å². The Labute approximate surface area is 157 Å². The summed E-state index contributed by atoms with van der Waals surface area (Å²) in [5, 5.41) is 12.4. The maximum Gasteiger partial charge on any atom is 0.173 e. The van der Waals surface area contributed by atoms with Gasteiger partial charge in [-0.25, -0.2) is 9.07 Å². The van der Waals surface area contributed by atoms with Gasteiger partial charge in [0.05, 0.1) is 12.3 Å². The fraction of sp³-hybridized carbons (Fsp3) is 0.421. The third kappa shape index (κ3) is 3.91. The Morgan fingerprint density at radius 2 is 1.89 bits per heavy atom. The fourth-order valence-electron chi connectivity index (χ4n) is 3.58. The minimum atomic E-state index is -0.247. The molecular weight excluding hydrogens is 347 g/mol. The molecule has 1 atom stereocenters. The van der Waals surface area contributed by atoms with E-state index in [9.17, 15) is 4.39 Å². The normalized spacial score (nSPS) is 17.3. The number of hydrogen-bond acceptors (Lipinski definition) is 6. The molecule has 4 rings (SSSR count). The molecule has 2 aromatic heterocycles. The molecule has 1 aromatic carbocycles. The SMILES string of the molecule is CCN1CCN([C@@H](c2ccc(F)cc2)c2nnnn2Cc2ccco2)CC1. The van der Waals surface area contributed by atoms with Crippen LogP contribution >= 0.6 is 0 Å². The van der Waals surface area contributed by atoms with Crippen LogP contribution in [0.1, 0.15) is 30.1 Å². The summed E-state index contributed by atoms with van der Waals surface area (Å²) in [6, 6.07) is 10.2. The van der Waals surface area contributed by atoms with Crippen LogP contribution in [-0.2, 0) is 6.54 Å². The molecule has 142 valence electrons. The van der Waals surface area contributed by atoms with Crippen molar-refractivity contribution in [1.82, 2.24) is 30.0 Å². The fourth-order valence-corrected chi connectivity index (χ4v) is 3.58. The van der Waals surface area contributed by atoms with E-state index in [2.05, 4.69) is 32.2 Å². The van der Waals surface area contributed by atoms with Gasteiger partial charge in [0.15, 0.2) is 5.82 Å². The van der Waals surface area contributed by atoms with Crippen molar-refractivity contribution in [3.8, 4) is 0 Å². The van der Waals surface area contributed by atoms with Gasteiger partial charge in [0.25, 0.3) is 0 Å². The van der Waals surface area contributed by atoms with Crippen LogP contribution in [-0.4, -0.2) is 62.7 Å². The zero-order valence-corrected chi connectivity index (χ0v) is 15.3. The smallest absolute Gasteiger partial charge is 0.173 e. The Balaban J connectivity index is 1.66. The van der Waals surface area contributed by atoms with Gasteiger partial charge >= 0.3 is 0 Å². The molecule has 1 aliphatic heterocycles. The second kappa shape index (κ2) is 7.98. The van der Waals surface area contributed by atoms with Crippen molar-refractivity contribution in [2.45, 2.75) is 19.5 Å². The largest absolute Gasteiger partial charge is 0.467 e. The first kappa shape index (κ1) is 17.8. The lowest BCUT2D eigenvalue weighted by Gasteiger charge is -2.38. The Kier molecular flexibility index (Phi) is 5.26. The molecule has 3 aromatic rings. The topological polar surface area (TPSA) is 63.2 Å². The van der Waals surface area contributed by atoms with Crippen molar-refractivity contribution in [1.29, 1.82) is 0 Å². The molecule has 1 aliphatic rings. The summed E-state index contributed by atoms with van der Waals surface area (Å²) in [6.45, 7) is 7.49. The maximum atomic E-state index is 13.5. The number of rotatable bonds is 6. The molecule has 3 heterocycles. The molecule has 0 radical (unpaired) electrons. The Bertz CT molecular complexity index is 839. The van der Waals surface area contributed by atoms with Gasteiger partial charge in [-0.2, -0.15) is 0 Å². The number of furan rings is 1. The average molecular weight is 370 g/mol. The van der Waals surface area contributed by atoms with Gasteiger partial charge in [0, 0.05) is 26.2 Å². The molecule has 8 heteroatoms. The highest BCUT2D eigenvalue weighted by molar-refractivity contribution is 5.25. The van der Waals surface area contributed by atoms with E-state index in [0.29, 0.717) is 6.54 Å². The first-order valence-electron chi connectivity index (χ1n) is 9.25. The van der Waals surface area contributed by atoms with Crippen LogP contribution in [0.3, 0.4) is 0 Å². The van der Waals surface area contributed by atoms with Crippen molar-refractivity contribution in [3.63, 3.8) is 0 Å². The van der Waals surface area contributed by atoms with E-state index in [-0.39, 0.29) is 11.9 Å². The van der Waals surface area contributed by atoms with E-state index in [1.165, 1.54) is 12.1 Å². The number of piperazine rings is 1. The predicted molar refractivity (Wildman–Crippen MR) is 97.6 cm³/mol. The Hall–Kier alpha value is -2.58. The standard InChI is InChI=1S/C19H23FN6O/c1-2-24-9-11-25(12-10-24)18(15-5-7-16(20)8-6-15)19-21-22-23-26(19)14-17-4-3-13-27-17/h3-8,13,18H,2,9-12,14H2,1H3/t18-/m0/s1. The van der Waals surface area contributed by atoms with Crippen LogP contribution in [0.2, 0.25) is 0 Å². The molecule has 0 amide bonds. The second-order valence-electron chi connectivity index (χ2n) is 6.70. The number of likely N-dealkylation sites (N-methyl/N-ethyl adjacent to an activating group) is 1. The monoisotopic (exact) mass is 370 g/mol.